The van der Waals surface area contributed by atoms with E-state index in [1.54, 1.807) is 18.3 Å². The van der Waals surface area contributed by atoms with Crippen molar-refractivity contribution in [2.75, 3.05) is 11.9 Å². The Morgan fingerprint density at radius 3 is 2.63 bits per heavy atom. The third-order valence-electron chi connectivity index (χ3n) is 5.64. The fraction of sp³-hybridized carbons (Fsp3) is 0.500. The molecule has 0 radical (unpaired) electrons. The van der Waals surface area contributed by atoms with Gasteiger partial charge in [0.25, 0.3) is 0 Å². The molecule has 1 saturated carbocycles. The molecule has 0 bridgehead atoms. The Hall–Kier alpha value is -2.38. The van der Waals surface area contributed by atoms with Crippen molar-refractivity contribution in [2.45, 2.75) is 45.4 Å². The Morgan fingerprint density at radius 1 is 1.37 bits per heavy atom. The van der Waals surface area contributed by atoms with Crippen molar-refractivity contribution in [3.05, 3.63) is 42.5 Å². The van der Waals surface area contributed by atoms with Crippen LogP contribution in [-0.2, 0) is 23.2 Å². The van der Waals surface area contributed by atoms with E-state index in [1.165, 1.54) is 0 Å². The number of carbonyl (C=O) groups excluding carboxylic acids is 1. The maximum atomic E-state index is 12.8. The highest BCUT2D eigenvalue weighted by molar-refractivity contribution is 5.99. The maximum Gasteiger partial charge on any atom is 0.245 e. The Labute approximate surface area is 159 Å². The number of hydrogen-bond acceptors (Lipinski definition) is 5. The number of aryl methyl sites for hydroxylation is 1. The van der Waals surface area contributed by atoms with E-state index in [9.17, 15) is 4.79 Å². The quantitative estimate of drug-likeness (QED) is 0.779. The van der Waals surface area contributed by atoms with E-state index in [4.69, 9.17) is 15.2 Å². The van der Waals surface area contributed by atoms with E-state index in [0.29, 0.717) is 31.1 Å². The number of amides is 1. The van der Waals surface area contributed by atoms with Gasteiger partial charge in [0.05, 0.1) is 6.10 Å². The molecule has 0 saturated heterocycles. The van der Waals surface area contributed by atoms with Crippen LogP contribution in [0.15, 0.2) is 36.7 Å². The first-order chi connectivity index (χ1) is 12.8. The molecule has 1 heterocycles. The van der Waals surface area contributed by atoms with Crippen molar-refractivity contribution >= 4 is 11.6 Å². The van der Waals surface area contributed by atoms with Gasteiger partial charge in [0, 0.05) is 43.6 Å². The van der Waals surface area contributed by atoms with Crippen LogP contribution in [0.1, 0.15) is 33.0 Å². The van der Waals surface area contributed by atoms with Gasteiger partial charge in [0.2, 0.25) is 5.91 Å². The van der Waals surface area contributed by atoms with Gasteiger partial charge in [-0.15, -0.1) is 0 Å². The molecule has 1 aromatic carbocycles. The molecular formula is C20H28N4O3. The SMILES string of the molecule is CCOC1CC(N)(C(=O)Nc2ccc(OCc3nccn3C)cc2)C1(C)C. The molecule has 146 valence electrons. The van der Waals surface area contributed by atoms with Crippen LogP contribution in [0.5, 0.6) is 5.75 Å². The van der Waals surface area contributed by atoms with Gasteiger partial charge >= 0.3 is 0 Å². The second-order valence-corrected chi connectivity index (χ2v) is 7.56. The summed E-state index contributed by atoms with van der Waals surface area (Å²) in [5, 5.41) is 2.92. The summed E-state index contributed by atoms with van der Waals surface area (Å²) in [6.07, 6.45) is 4.13. The average Bonchev–Trinajstić information content (AvgIpc) is 3.05. The maximum absolute atomic E-state index is 12.8. The van der Waals surface area contributed by atoms with Crippen molar-refractivity contribution < 1.29 is 14.3 Å². The number of hydrogen-bond donors (Lipinski definition) is 2. The van der Waals surface area contributed by atoms with Crippen molar-refractivity contribution in [3.63, 3.8) is 0 Å². The average molecular weight is 372 g/mol. The Morgan fingerprint density at radius 2 is 2.07 bits per heavy atom. The highest BCUT2D eigenvalue weighted by atomic mass is 16.5. The molecule has 1 fully saturated rings. The van der Waals surface area contributed by atoms with Crippen molar-refractivity contribution in [2.24, 2.45) is 18.2 Å². The first-order valence-electron chi connectivity index (χ1n) is 9.19. The zero-order valence-corrected chi connectivity index (χ0v) is 16.4. The zero-order valence-electron chi connectivity index (χ0n) is 16.4. The first kappa shape index (κ1) is 19.4. The standard InChI is InChI=1S/C20H28N4O3/c1-5-26-16-12-20(21,19(16,2)3)18(25)23-14-6-8-15(9-7-14)27-13-17-22-10-11-24(17)4/h6-11,16H,5,12-13,21H2,1-4H3,(H,23,25). The Balaban J connectivity index is 1.58. The summed E-state index contributed by atoms with van der Waals surface area (Å²) in [4.78, 5) is 17.0. The van der Waals surface area contributed by atoms with Gasteiger partial charge in [0.1, 0.15) is 23.7 Å². The number of anilines is 1. The third kappa shape index (κ3) is 3.57. The molecule has 0 spiro atoms. The van der Waals surface area contributed by atoms with Gasteiger partial charge in [-0.05, 0) is 31.2 Å². The fourth-order valence-corrected chi connectivity index (χ4v) is 3.38. The number of nitrogens with two attached hydrogens (primary N) is 1. The van der Waals surface area contributed by atoms with Crippen LogP contribution in [0.4, 0.5) is 5.69 Å². The molecule has 2 aromatic rings. The number of aromatic nitrogens is 2. The summed E-state index contributed by atoms with van der Waals surface area (Å²) in [6.45, 7) is 6.90. The van der Waals surface area contributed by atoms with Crippen molar-refractivity contribution in [1.29, 1.82) is 0 Å². The predicted octanol–water partition coefficient (Wildman–Crippen LogP) is 2.47. The second kappa shape index (κ2) is 7.32. The van der Waals surface area contributed by atoms with Crippen LogP contribution in [0.2, 0.25) is 0 Å². The van der Waals surface area contributed by atoms with Gasteiger partial charge in [-0.25, -0.2) is 4.98 Å². The lowest BCUT2D eigenvalue weighted by Crippen LogP contribution is -2.74. The van der Waals surface area contributed by atoms with E-state index >= 15 is 0 Å². The largest absolute Gasteiger partial charge is 0.486 e. The van der Waals surface area contributed by atoms with E-state index in [1.807, 2.05) is 50.7 Å². The number of carbonyl (C=O) groups is 1. The van der Waals surface area contributed by atoms with Gasteiger partial charge in [0.15, 0.2) is 0 Å². The third-order valence-corrected chi connectivity index (χ3v) is 5.64. The van der Waals surface area contributed by atoms with Crippen LogP contribution in [0.25, 0.3) is 0 Å². The molecule has 1 amide bonds. The van der Waals surface area contributed by atoms with Crippen LogP contribution >= 0.6 is 0 Å². The Kier molecular flexibility index (Phi) is 5.26. The molecule has 0 aliphatic heterocycles. The smallest absolute Gasteiger partial charge is 0.245 e. The number of benzene rings is 1. The molecule has 3 N–H and O–H groups in total. The molecule has 1 aliphatic rings. The van der Waals surface area contributed by atoms with Crippen LogP contribution in [0.3, 0.4) is 0 Å². The zero-order chi connectivity index (χ0) is 19.7. The molecule has 7 nitrogen and oxygen atoms in total. The molecule has 3 rings (SSSR count). The molecule has 27 heavy (non-hydrogen) atoms. The van der Waals surface area contributed by atoms with Crippen LogP contribution < -0.4 is 15.8 Å². The normalized spacial score (nSPS) is 23.5. The summed E-state index contributed by atoms with van der Waals surface area (Å²) in [5.74, 6) is 1.36. The first-order valence-corrected chi connectivity index (χ1v) is 9.19. The van der Waals surface area contributed by atoms with Crippen LogP contribution in [-0.4, -0.2) is 33.7 Å². The number of imidazole rings is 1. The monoisotopic (exact) mass is 372 g/mol. The number of nitrogens with one attached hydrogen (secondary N) is 1. The minimum absolute atomic E-state index is 0.000138. The molecule has 1 aromatic heterocycles. The highest BCUT2D eigenvalue weighted by Gasteiger charge is 2.62. The number of ether oxygens (including phenoxy) is 2. The van der Waals surface area contributed by atoms with E-state index in [-0.39, 0.29) is 12.0 Å². The molecule has 2 atom stereocenters. The minimum Gasteiger partial charge on any atom is -0.486 e. The van der Waals surface area contributed by atoms with Gasteiger partial charge < -0.3 is 25.1 Å². The number of rotatable bonds is 7. The summed E-state index contributed by atoms with van der Waals surface area (Å²) < 4.78 is 13.3. The number of nitrogens with zero attached hydrogens (tertiary/aromatic N) is 2. The summed E-state index contributed by atoms with van der Waals surface area (Å²) in [6, 6.07) is 7.24. The van der Waals surface area contributed by atoms with E-state index in [0.717, 1.165) is 5.82 Å². The lowest BCUT2D eigenvalue weighted by atomic mass is 9.54. The lowest BCUT2D eigenvalue weighted by molar-refractivity contribution is -0.166. The highest BCUT2D eigenvalue weighted by Crippen LogP contribution is 2.50. The lowest BCUT2D eigenvalue weighted by Gasteiger charge is -2.57. The summed E-state index contributed by atoms with van der Waals surface area (Å²) in [7, 11) is 1.92. The summed E-state index contributed by atoms with van der Waals surface area (Å²) in [5.41, 5.74) is 5.73. The van der Waals surface area contributed by atoms with E-state index < -0.39 is 11.0 Å². The van der Waals surface area contributed by atoms with Gasteiger partial charge in [-0.3, -0.25) is 4.79 Å². The topological polar surface area (TPSA) is 91.4 Å². The molecule has 7 heteroatoms. The minimum atomic E-state index is -0.944. The fourth-order valence-electron chi connectivity index (χ4n) is 3.38. The van der Waals surface area contributed by atoms with Gasteiger partial charge in [-0.1, -0.05) is 13.8 Å². The molecule has 2 unspecified atom stereocenters. The van der Waals surface area contributed by atoms with Crippen LogP contribution in [0, 0.1) is 5.41 Å². The molecular weight excluding hydrogens is 344 g/mol. The predicted molar refractivity (Wildman–Crippen MR) is 103 cm³/mol. The summed E-state index contributed by atoms with van der Waals surface area (Å²) >= 11 is 0. The molecule has 1 aliphatic carbocycles. The van der Waals surface area contributed by atoms with Crippen molar-refractivity contribution in [3.8, 4) is 5.75 Å². The van der Waals surface area contributed by atoms with Gasteiger partial charge in [-0.2, -0.15) is 0 Å². The second-order valence-electron chi connectivity index (χ2n) is 7.56. The van der Waals surface area contributed by atoms with E-state index in [2.05, 4.69) is 10.3 Å². The Bertz CT molecular complexity index is 800. The van der Waals surface area contributed by atoms with Crippen molar-refractivity contribution in [1.82, 2.24) is 9.55 Å².